The second-order valence-corrected chi connectivity index (χ2v) is 6.85. The Hall–Kier alpha value is -1.89. The molecule has 0 aromatic carbocycles. The Morgan fingerprint density at radius 2 is 2.09 bits per heavy atom. The van der Waals surface area contributed by atoms with Gasteiger partial charge in [0.05, 0.1) is 11.3 Å². The Bertz CT molecular complexity index is 584. The van der Waals surface area contributed by atoms with Gasteiger partial charge >= 0.3 is 5.97 Å². The molecular formula is C16H24N2O5. The number of ether oxygens (including phenoxy) is 1. The largest absolute Gasteiger partial charge is 0.480 e. The van der Waals surface area contributed by atoms with Gasteiger partial charge < -0.3 is 19.6 Å². The van der Waals surface area contributed by atoms with Gasteiger partial charge in [-0.3, -0.25) is 4.79 Å². The molecule has 1 heterocycles. The summed E-state index contributed by atoms with van der Waals surface area (Å²) in [4.78, 5) is 27.8. The van der Waals surface area contributed by atoms with Gasteiger partial charge in [-0.25, -0.2) is 9.78 Å². The van der Waals surface area contributed by atoms with Crippen molar-refractivity contribution in [2.75, 3.05) is 6.61 Å². The number of aromatic nitrogens is 1. The van der Waals surface area contributed by atoms with Crippen LogP contribution >= 0.6 is 0 Å². The van der Waals surface area contributed by atoms with Gasteiger partial charge in [0.25, 0.3) is 5.91 Å². The fourth-order valence-electron chi connectivity index (χ4n) is 2.10. The summed E-state index contributed by atoms with van der Waals surface area (Å²) in [7, 11) is 0. The Balaban J connectivity index is 1.96. The van der Waals surface area contributed by atoms with Crippen molar-refractivity contribution in [1.82, 2.24) is 10.3 Å². The van der Waals surface area contributed by atoms with E-state index in [1.165, 1.54) is 0 Å². The van der Waals surface area contributed by atoms with Crippen LogP contribution < -0.4 is 5.32 Å². The molecule has 2 rings (SSSR count). The molecule has 1 fully saturated rings. The highest BCUT2D eigenvalue weighted by Gasteiger charge is 2.32. The third-order valence-electron chi connectivity index (χ3n) is 3.49. The van der Waals surface area contributed by atoms with Crippen molar-refractivity contribution >= 4 is 11.9 Å². The zero-order chi connectivity index (χ0) is 17.2. The molecule has 1 amide bonds. The number of nitrogens with one attached hydrogen (secondary N) is 1. The molecule has 1 aromatic rings. The summed E-state index contributed by atoms with van der Waals surface area (Å²) in [5, 5.41) is 11.7. The normalized spacial score (nSPS) is 16.2. The van der Waals surface area contributed by atoms with E-state index in [4.69, 9.17) is 9.15 Å². The number of carbonyl (C=O) groups excluding carboxylic acids is 1. The fourth-order valence-corrected chi connectivity index (χ4v) is 2.10. The Morgan fingerprint density at radius 1 is 1.43 bits per heavy atom. The van der Waals surface area contributed by atoms with Crippen molar-refractivity contribution in [2.45, 2.75) is 64.5 Å². The predicted molar refractivity (Wildman–Crippen MR) is 82.4 cm³/mol. The van der Waals surface area contributed by atoms with E-state index < -0.39 is 17.9 Å². The monoisotopic (exact) mass is 324 g/mol. The van der Waals surface area contributed by atoms with E-state index in [2.05, 4.69) is 10.3 Å². The van der Waals surface area contributed by atoms with Gasteiger partial charge in [0, 0.05) is 18.9 Å². The van der Waals surface area contributed by atoms with Crippen molar-refractivity contribution < 1.29 is 23.8 Å². The van der Waals surface area contributed by atoms with Crippen molar-refractivity contribution in [1.29, 1.82) is 0 Å². The van der Waals surface area contributed by atoms with E-state index >= 15 is 0 Å². The Labute approximate surface area is 135 Å². The summed E-state index contributed by atoms with van der Waals surface area (Å²) in [5.74, 6) is -0.698. The molecule has 23 heavy (non-hydrogen) atoms. The lowest BCUT2D eigenvalue weighted by molar-refractivity contribution is -0.140. The van der Waals surface area contributed by atoms with Crippen LogP contribution in [0.25, 0.3) is 0 Å². The first-order valence-corrected chi connectivity index (χ1v) is 7.82. The zero-order valence-corrected chi connectivity index (χ0v) is 14.0. The van der Waals surface area contributed by atoms with Crippen molar-refractivity contribution in [2.24, 2.45) is 0 Å². The van der Waals surface area contributed by atoms with E-state index in [0.29, 0.717) is 17.5 Å². The number of carboxylic acids is 1. The summed E-state index contributed by atoms with van der Waals surface area (Å²) in [5.41, 5.74) is 0.132. The molecule has 2 N–H and O–H groups in total. The number of carboxylic acid groups (broad SMARTS) is 1. The SMILES string of the molecule is Cc1nc(C2CC2)oc1C(=O)NC(CCOC(C)(C)C)C(=O)O. The standard InChI is InChI=1S/C16H24N2O5/c1-9-12(23-14(17-9)10-5-6-10)13(19)18-11(15(20)21)7-8-22-16(2,3)4/h10-11H,5-8H2,1-4H3,(H,18,19)(H,20,21). The minimum Gasteiger partial charge on any atom is -0.480 e. The molecule has 0 aliphatic heterocycles. The molecule has 0 spiro atoms. The smallest absolute Gasteiger partial charge is 0.326 e. The molecule has 1 aliphatic rings. The Kier molecular flexibility index (Phi) is 5.09. The third kappa shape index (κ3) is 5.06. The van der Waals surface area contributed by atoms with Crippen molar-refractivity contribution in [3.63, 3.8) is 0 Å². The highest BCUT2D eigenvalue weighted by molar-refractivity contribution is 5.95. The van der Waals surface area contributed by atoms with E-state index in [9.17, 15) is 14.7 Å². The first-order valence-electron chi connectivity index (χ1n) is 7.82. The number of oxazole rings is 1. The zero-order valence-electron chi connectivity index (χ0n) is 14.0. The van der Waals surface area contributed by atoms with Gasteiger partial charge in [-0.15, -0.1) is 0 Å². The number of hydrogen-bond donors (Lipinski definition) is 2. The topological polar surface area (TPSA) is 102 Å². The van der Waals surface area contributed by atoms with Crippen LogP contribution in [0, 0.1) is 6.92 Å². The minimum absolute atomic E-state index is 0.0925. The van der Waals surface area contributed by atoms with Gasteiger partial charge in [-0.2, -0.15) is 0 Å². The maximum atomic E-state index is 12.2. The number of hydrogen-bond acceptors (Lipinski definition) is 5. The van der Waals surface area contributed by atoms with Gasteiger partial charge in [-0.1, -0.05) is 0 Å². The quantitative estimate of drug-likeness (QED) is 0.797. The van der Waals surface area contributed by atoms with Gasteiger partial charge in [0.2, 0.25) is 5.76 Å². The molecule has 1 aliphatic carbocycles. The first-order chi connectivity index (χ1) is 10.7. The number of rotatable bonds is 7. The lowest BCUT2D eigenvalue weighted by atomic mass is 10.1. The molecule has 7 heteroatoms. The minimum atomic E-state index is -1.10. The first kappa shape index (κ1) is 17.5. The molecule has 1 atom stereocenters. The molecule has 7 nitrogen and oxygen atoms in total. The van der Waals surface area contributed by atoms with E-state index in [0.717, 1.165) is 12.8 Å². The van der Waals surface area contributed by atoms with Crippen molar-refractivity contribution in [3.05, 3.63) is 17.3 Å². The molecule has 1 aromatic heterocycles. The van der Waals surface area contributed by atoms with Gasteiger partial charge in [-0.05, 0) is 40.5 Å². The lowest BCUT2D eigenvalue weighted by Gasteiger charge is -2.21. The average Bonchev–Trinajstić information content (AvgIpc) is 3.19. The summed E-state index contributed by atoms with van der Waals surface area (Å²) in [6, 6.07) is -1.03. The maximum absolute atomic E-state index is 12.2. The summed E-state index contributed by atoms with van der Waals surface area (Å²) in [6.45, 7) is 7.59. The fraction of sp³-hybridized carbons (Fsp3) is 0.688. The van der Waals surface area contributed by atoms with Crippen molar-refractivity contribution in [3.8, 4) is 0 Å². The van der Waals surface area contributed by atoms with E-state index in [-0.39, 0.29) is 24.4 Å². The number of carbonyl (C=O) groups is 2. The summed E-state index contributed by atoms with van der Waals surface area (Å²) in [6.07, 6.45) is 2.22. The Morgan fingerprint density at radius 3 is 2.61 bits per heavy atom. The van der Waals surface area contributed by atoms with E-state index in [1.807, 2.05) is 20.8 Å². The van der Waals surface area contributed by atoms with Crippen LogP contribution in [0.4, 0.5) is 0 Å². The number of aliphatic carboxylic acids is 1. The van der Waals surface area contributed by atoms with Crippen LogP contribution in [-0.2, 0) is 9.53 Å². The van der Waals surface area contributed by atoms with Crippen LogP contribution in [0.1, 0.15) is 68.1 Å². The predicted octanol–water partition coefficient (Wildman–Crippen LogP) is 2.25. The second kappa shape index (κ2) is 6.70. The molecule has 0 saturated heterocycles. The van der Waals surface area contributed by atoms with Crippen LogP contribution in [0.15, 0.2) is 4.42 Å². The summed E-state index contributed by atoms with van der Waals surface area (Å²) < 4.78 is 11.0. The lowest BCUT2D eigenvalue weighted by Crippen LogP contribution is -2.42. The summed E-state index contributed by atoms with van der Waals surface area (Å²) >= 11 is 0. The highest BCUT2D eigenvalue weighted by atomic mass is 16.5. The number of amides is 1. The van der Waals surface area contributed by atoms with Crippen LogP contribution in [-0.4, -0.2) is 40.2 Å². The maximum Gasteiger partial charge on any atom is 0.326 e. The van der Waals surface area contributed by atoms with E-state index in [1.54, 1.807) is 6.92 Å². The third-order valence-corrected chi connectivity index (χ3v) is 3.49. The molecule has 1 saturated carbocycles. The molecule has 0 radical (unpaired) electrons. The van der Waals surface area contributed by atoms with Crippen LogP contribution in [0.3, 0.4) is 0 Å². The molecule has 128 valence electrons. The van der Waals surface area contributed by atoms with Gasteiger partial charge in [0.1, 0.15) is 6.04 Å². The highest BCUT2D eigenvalue weighted by Crippen LogP contribution is 2.40. The van der Waals surface area contributed by atoms with Gasteiger partial charge in [0.15, 0.2) is 5.89 Å². The average molecular weight is 324 g/mol. The molecular weight excluding hydrogens is 300 g/mol. The van der Waals surface area contributed by atoms with Crippen LogP contribution in [0.5, 0.6) is 0 Å². The number of aryl methyl sites for hydroxylation is 1. The molecule has 1 unspecified atom stereocenters. The molecule has 0 bridgehead atoms. The number of nitrogens with zero attached hydrogens (tertiary/aromatic N) is 1. The van der Waals surface area contributed by atoms with Crippen LogP contribution in [0.2, 0.25) is 0 Å². The second-order valence-electron chi connectivity index (χ2n) is 6.85.